The molecule has 1 heterocycles. The first-order valence-corrected chi connectivity index (χ1v) is 9.38. The van der Waals surface area contributed by atoms with Gasteiger partial charge in [-0.2, -0.15) is 0 Å². The summed E-state index contributed by atoms with van der Waals surface area (Å²) in [6.45, 7) is 1.44. The maximum Gasteiger partial charge on any atom is 0.264 e. The molecule has 8 heteroatoms. The number of anilines is 2. The molecule has 0 unspecified atom stereocenters. The molecule has 26 heavy (non-hydrogen) atoms. The highest BCUT2D eigenvalue weighted by molar-refractivity contribution is 7.92. The summed E-state index contributed by atoms with van der Waals surface area (Å²) in [5, 5.41) is 2.59. The molecule has 0 radical (unpaired) electrons. The van der Waals surface area contributed by atoms with E-state index in [2.05, 4.69) is 5.32 Å². The Bertz CT molecular complexity index is 968. The summed E-state index contributed by atoms with van der Waals surface area (Å²) in [5.74, 6) is 0.130. The standard InChI is InChI=1S/C18H18N2O5S/c1-12(21)19-13-3-6-15(7-4-13)26(23,24)20-10-9-18(22)16-8-5-14(25-2)11-17(16)20/h3-8,11H,9-10H2,1-2H3,(H,19,21). The van der Waals surface area contributed by atoms with Crippen molar-refractivity contribution in [3.8, 4) is 5.75 Å². The maximum atomic E-state index is 13.1. The maximum absolute atomic E-state index is 13.1. The van der Waals surface area contributed by atoms with Gasteiger partial charge in [0.25, 0.3) is 10.0 Å². The number of ether oxygens (including phenoxy) is 1. The number of sulfonamides is 1. The molecule has 7 nitrogen and oxygen atoms in total. The van der Waals surface area contributed by atoms with Crippen molar-refractivity contribution in [1.29, 1.82) is 0 Å². The molecule has 0 spiro atoms. The molecule has 2 aromatic rings. The van der Waals surface area contributed by atoms with Crippen LogP contribution in [-0.4, -0.2) is 33.8 Å². The van der Waals surface area contributed by atoms with Crippen molar-refractivity contribution >= 4 is 33.1 Å². The van der Waals surface area contributed by atoms with Crippen LogP contribution < -0.4 is 14.4 Å². The highest BCUT2D eigenvalue weighted by Crippen LogP contribution is 2.34. The summed E-state index contributed by atoms with van der Waals surface area (Å²) < 4.78 is 32.5. The van der Waals surface area contributed by atoms with Crippen LogP contribution in [0.1, 0.15) is 23.7 Å². The van der Waals surface area contributed by atoms with Gasteiger partial charge in [-0.3, -0.25) is 13.9 Å². The fraction of sp³-hybridized carbons (Fsp3) is 0.222. The van der Waals surface area contributed by atoms with Crippen LogP contribution in [0.25, 0.3) is 0 Å². The Balaban J connectivity index is 2.01. The monoisotopic (exact) mass is 374 g/mol. The van der Waals surface area contributed by atoms with Crippen molar-refractivity contribution < 1.29 is 22.7 Å². The zero-order valence-electron chi connectivity index (χ0n) is 14.4. The highest BCUT2D eigenvalue weighted by atomic mass is 32.2. The Morgan fingerprint density at radius 2 is 1.85 bits per heavy atom. The van der Waals surface area contributed by atoms with Gasteiger partial charge in [-0.15, -0.1) is 0 Å². The molecule has 0 aromatic heterocycles. The van der Waals surface area contributed by atoms with E-state index in [1.807, 2.05) is 0 Å². The SMILES string of the molecule is COc1ccc2c(c1)N(S(=O)(=O)c1ccc(NC(C)=O)cc1)CCC2=O. The van der Waals surface area contributed by atoms with Crippen molar-refractivity contribution in [1.82, 2.24) is 0 Å². The van der Waals surface area contributed by atoms with Gasteiger partial charge in [-0.25, -0.2) is 8.42 Å². The molecule has 1 amide bonds. The second-order valence-electron chi connectivity index (χ2n) is 5.84. The molecule has 136 valence electrons. The molecule has 2 aromatic carbocycles. The lowest BCUT2D eigenvalue weighted by molar-refractivity contribution is -0.114. The molecular formula is C18H18N2O5S. The minimum atomic E-state index is -3.86. The molecule has 0 bridgehead atoms. The summed E-state index contributed by atoms with van der Waals surface area (Å²) in [4.78, 5) is 23.3. The Kier molecular flexibility index (Phi) is 4.69. The van der Waals surface area contributed by atoms with E-state index in [-0.39, 0.29) is 29.6 Å². The third kappa shape index (κ3) is 3.28. The molecule has 1 aliphatic heterocycles. The molecule has 0 fully saturated rings. The fourth-order valence-electron chi connectivity index (χ4n) is 2.83. The van der Waals surface area contributed by atoms with Gasteiger partial charge in [0.2, 0.25) is 5.91 Å². The van der Waals surface area contributed by atoms with E-state index in [0.29, 0.717) is 22.7 Å². The van der Waals surface area contributed by atoms with Gasteiger partial charge in [0, 0.05) is 37.2 Å². The number of nitrogens with one attached hydrogen (secondary N) is 1. The van der Waals surface area contributed by atoms with Crippen LogP contribution in [0.4, 0.5) is 11.4 Å². The van der Waals surface area contributed by atoms with Crippen LogP contribution in [0, 0.1) is 0 Å². The second-order valence-corrected chi connectivity index (χ2v) is 7.70. The summed E-state index contributed by atoms with van der Waals surface area (Å²) in [6.07, 6.45) is 0.114. The van der Waals surface area contributed by atoms with Gasteiger partial charge >= 0.3 is 0 Å². The van der Waals surface area contributed by atoms with Gasteiger partial charge in [-0.05, 0) is 36.4 Å². The minimum absolute atomic E-state index is 0.0643. The Morgan fingerprint density at radius 1 is 1.15 bits per heavy atom. The number of carbonyl (C=O) groups excluding carboxylic acids is 2. The first kappa shape index (κ1) is 17.9. The number of ketones is 1. The van der Waals surface area contributed by atoms with E-state index in [0.717, 1.165) is 0 Å². The summed E-state index contributed by atoms with van der Waals surface area (Å²) in [7, 11) is -2.38. The van der Waals surface area contributed by atoms with E-state index in [1.54, 1.807) is 18.2 Å². The summed E-state index contributed by atoms with van der Waals surface area (Å²) in [5.41, 5.74) is 1.18. The number of rotatable bonds is 4. The lowest BCUT2D eigenvalue weighted by Crippen LogP contribution is -2.37. The van der Waals surface area contributed by atoms with Gasteiger partial charge in [0.15, 0.2) is 5.78 Å². The highest BCUT2D eigenvalue weighted by Gasteiger charge is 2.32. The van der Waals surface area contributed by atoms with Crippen molar-refractivity contribution in [3.05, 3.63) is 48.0 Å². The van der Waals surface area contributed by atoms with Crippen molar-refractivity contribution in [2.45, 2.75) is 18.2 Å². The Labute approximate surface area is 151 Å². The first-order chi connectivity index (χ1) is 12.3. The third-order valence-corrected chi connectivity index (χ3v) is 5.91. The lowest BCUT2D eigenvalue weighted by Gasteiger charge is -2.30. The number of hydrogen-bond donors (Lipinski definition) is 1. The number of amides is 1. The van der Waals surface area contributed by atoms with Crippen molar-refractivity contribution in [2.24, 2.45) is 0 Å². The molecule has 1 N–H and O–H groups in total. The molecule has 3 rings (SSSR count). The molecule has 0 aliphatic carbocycles. The predicted molar refractivity (Wildman–Crippen MR) is 97.2 cm³/mol. The quantitative estimate of drug-likeness (QED) is 0.887. The van der Waals surface area contributed by atoms with Gasteiger partial charge in [0.1, 0.15) is 5.75 Å². The first-order valence-electron chi connectivity index (χ1n) is 7.94. The van der Waals surface area contributed by atoms with Gasteiger partial charge in [0.05, 0.1) is 17.7 Å². The van der Waals surface area contributed by atoms with Crippen LogP contribution in [0.15, 0.2) is 47.4 Å². The van der Waals surface area contributed by atoms with E-state index in [4.69, 9.17) is 4.74 Å². The zero-order valence-corrected chi connectivity index (χ0v) is 15.2. The normalized spacial score (nSPS) is 13.9. The minimum Gasteiger partial charge on any atom is -0.497 e. The van der Waals surface area contributed by atoms with Gasteiger partial charge in [-0.1, -0.05) is 0 Å². The Morgan fingerprint density at radius 3 is 2.46 bits per heavy atom. The average Bonchev–Trinajstić information content (AvgIpc) is 2.61. The van der Waals surface area contributed by atoms with Crippen molar-refractivity contribution in [2.75, 3.05) is 23.3 Å². The number of Topliss-reactive ketones (excluding diaryl/α,β-unsaturated/α-hetero) is 1. The zero-order chi connectivity index (χ0) is 18.9. The largest absolute Gasteiger partial charge is 0.497 e. The van der Waals surface area contributed by atoms with E-state index in [9.17, 15) is 18.0 Å². The van der Waals surface area contributed by atoms with Crippen LogP contribution in [0.3, 0.4) is 0 Å². The van der Waals surface area contributed by atoms with E-state index in [1.165, 1.54) is 42.6 Å². The van der Waals surface area contributed by atoms with Crippen LogP contribution in [0.2, 0.25) is 0 Å². The molecule has 0 saturated carbocycles. The molecule has 1 aliphatic rings. The topological polar surface area (TPSA) is 92.8 Å². The predicted octanol–water partition coefficient (Wildman–Crippen LogP) is 2.44. The van der Waals surface area contributed by atoms with E-state index >= 15 is 0 Å². The fourth-order valence-corrected chi connectivity index (χ4v) is 4.31. The van der Waals surface area contributed by atoms with Crippen LogP contribution in [0.5, 0.6) is 5.75 Å². The van der Waals surface area contributed by atoms with Crippen molar-refractivity contribution in [3.63, 3.8) is 0 Å². The number of carbonyl (C=O) groups is 2. The molecule has 0 saturated heterocycles. The smallest absolute Gasteiger partial charge is 0.264 e. The number of hydrogen-bond acceptors (Lipinski definition) is 5. The number of nitrogens with zero attached hydrogens (tertiary/aromatic N) is 1. The van der Waals surface area contributed by atoms with E-state index < -0.39 is 10.0 Å². The number of fused-ring (bicyclic) bond motifs is 1. The summed E-state index contributed by atoms with van der Waals surface area (Å²) >= 11 is 0. The lowest BCUT2D eigenvalue weighted by atomic mass is 10.0. The Hall–Kier alpha value is -2.87. The second kappa shape index (κ2) is 6.80. The number of methoxy groups -OCH3 is 1. The average molecular weight is 374 g/mol. The molecular weight excluding hydrogens is 356 g/mol. The summed E-state index contributed by atoms with van der Waals surface area (Å²) in [6, 6.07) is 10.7. The van der Waals surface area contributed by atoms with Crippen LogP contribution in [-0.2, 0) is 14.8 Å². The molecule has 0 atom stereocenters. The van der Waals surface area contributed by atoms with Gasteiger partial charge < -0.3 is 10.1 Å². The number of benzene rings is 2. The van der Waals surface area contributed by atoms with Crippen LogP contribution >= 0.6 is 0 Å². The third-order valence-electron chi connectivity index (χ3n) is 4.08.